The fourth-order valence-electron chi connectivity index (χ4n) is 2.68. The molecule has 0 saturated heterocycles. The van der Waals surface area contributed by atoms with Gasteiger partial charge in [0.25, 0.3) is 0 Å². The van der Waals surface area contributed by atoms with E-state index in [9.17, 15) is 0 Å². The highest BCUT2D eigenvalue weighted by atomic mass is 32.1. The van der Waals surface area contributed by atoms with Crippen LogP contribution >= 0.6 is 12.6 Å². The Bertz CT molecular complexity index is 741. The molecule has 4 nitrogen and oxygen atoms in total. The molecular formula is C20H23NO3S. The summed E-state index contributed by atoms with van der Waals surface area (Å²) in [5.41, 5.74) is 4.20. The quantitative estimate of drug-likeness (QED) is 0.457. The Morgan fingerprint density at radius 3 is 2.40 bits per heavy atom. The summed E-state index contributed by atoms with van der Waals surface area (Å²) in [4.78, 5) is 4.71. The Labute approximate surface area is 154 Å². The molecule has 0 N–H and O–H groups in total. The minimum atomic E-state index is -0.168. The number of thiol groups is 1. The van der Waals surface area contributed by atoms with E-state index in [1.807, 2.05) is 12.1 Å². The lowest BCUT2D eigenvalue weighted by molar-refractivity contribution is -0.0444. The van der Waals surface area contributed by atoms with Gasteiger partial charge >= 0.3 is 0 Å². The summed E-state index contributed by atoms with van der Waals surface area (Å²) in [6.45, 7) is 5.53. The number of hydrogen-bond acceptors (Lipinski definition) is 5. The van der Waals surface area contributed by atoms with Crippen molar-refractivity contribution < 1.29 is 14.2 Å². The maximum atomic E-state index is 5.83. The maximum absolute atomic E-state index is 5.83. The lowest BCUT2D eigenvalue weighted by Crippen LogP contribution is -2.17. The number of aliphatic imine (C=N–C) groups is 1. The van der Waals surface area contributed by atoms with Crippen LogP contribution in [-0.2, 0) is 20.8 Å². The number of hydrogen-bond donors (Lipinski definition) is 1. The van der Waals surface area contributed by atoms with Crippen LogP contribution in [-0.4, -0.2) is 30.8 Å². The second kappa shape index (κ2) is 8.04. The van der Waals surface area contributed by atoms with Gasteiger partial charge in [0.1, 0.15) is 13.4 Å². The largest absolute Gasteiger partial charge is 0.475 e. The average molecular weight is 357 g/mol. The second-order valence-electron chi connectivity index (χ2n) is 6.56. The predicted octanol–water partition coefficient (Wildman–Crippen LogP) is 4.29. The Morgan fingerprint density at radius 2 is 1.76 bits per heavy atom. The molecule has 0 amide bonds. The van der Waals surface area contributed by atoms with Gasteiger partial charge < -0.3 is 14.2 Å². The van der Waals surface area contributed by atoms with E-state index in [4.69, 9.17) is 19.2 Å². The SMILES string of the molecule is CC1(C)COC(c2ccccc2-c2ccc(COCOCS)cc2)=N1. The Kier molecular flexibility index (Phi) is 5.78. The van der Waals surface area contributed by atoms with Crippen LogP contribution in [0, 0.1) is 0 Å². The number of ether oxygens (including phenoxy) is 3. The van der Waals surface area contributed by atoms with E-state index < -0.39 is 0 Å². The molecule has 0 unspecified atom stereocenters. The lowest BCUT2D eigenvalue weighted by atomic mass is 9.98. The van der Waals surface area contributed by atoms with Gasteiger partial charge in [-0.15, -0.1) is 0 Å². The first-order chi connectivity index (χ1) is 12.1. The van der Waals surface area contributed by atoms with Crippen LogP contribution in [0.1, 0.15) is 25.0 Å². The van der Waals surface area contributed by atoms with Crippen molar-refractivity contribution in [2.75, 3.05) is 19.3 Å². The van der Waals surface area contributed by atoms with Gasteiger partial charge in [0.15, 0.2) is 0 Å². The van der Waals surface area contributed by atoms with E-state index in [-0.39, 0.29) is 12.3 Å². The third-order valence-corrected chi connectivity index (χ3v) is 4.10. The van der Waals surface area contributed by atoms with Crippen molar-refractivity contribution in [1.82, 2.24) is 0 Å². The van der Waals surface area contributed by atoms with Crippen LogP contribution in [0.5, 0.6) is 0 Å². The Hall–Kier alpha value is -1.82. The van der Waals surface area contributed by atoms with Crippen LogP contribution in [0.4, 0.5) is 0 Å². The summed E-state index contributed by atoms with van der Waals surface area (Å²) in [5, 5.41) is 0. The van der Waals surface area contributed by atoms with Crippen molar-refractivity contribution >= 4 is 18.5 Å². The molecule has 25 heavy (non-hydrogen) atoms. The van der Waals surface area contributed by atoms with Crippen LogP contribution in [0.3, 0.4) is 0 Å². The van der Waals surface area contributed by atoms with E-state index in [1.165, 1.54) is 0 Å². The first-order valence-electron chi connectivity index (χ1n) is 8.27. The summed E-state index contributed by atoms with van der Waals surface area (Å²) < 4.78 is 16.3. The van der Waals surface area contributed by atoms with E-state index in [1.54, 1.807) is 0 Å². The van der Waals surface area contributed by atoms with Crippen molar-refractivity contribution in [1.29, 1.82) is 0 Å². The molecule has 0 spiro atoms. The average Bonchev–Trinajstić information content (AvgIpc) is 2.99. The van der Waals surface area contributed by atoms with Crippen molar-refractivity contribution in [2.45, 2.75) is 26.0 Å². The molecule has 0 saturated carbocycles. The normalized spacial score (nSPS) is 15.7. The molecule has 1 heterocycles. The van der Waals surface area contributed by atoms with Crippen molar-refractivity contribution in [3.8, 4) is 11.1 Å². The van der Waals surface area contributed by atoms with Crippen LogP contribution in [0.2, 0.25) is 0 Å². The molecular weight excluding hydrogens is 334 g/mol. The molecule has 2 aromatic rings. The third-order valence-electron chi connectivity index (χ3n) is 3.92. The Balaban J connectivity index is 1.79. The first-order valence-corrected chi connectivity index (χ1v) is 8.90. The summed E-state index contributed by atoms with van der Waals surface area (Å²) in [7, 11) is 0. The van der Waals surface area contributed by atoms with Gasteiger partial charge in [-0.3, -0.25) is 0 Å². The molecule has 2 aromatic carbocycles. The molecule has 0 atom stereocenters. The highest BCUT2D eigenvalue weighted by Gasteiger charge is 2.28. The number of nitrogens with zero attached hydrogens (tertiary/aromatic N) is 1. The molecule has 1 aliphatic heterocycles. The van der Waals surface area contributed by atoms with Crippen LogP contribution < -0.4 is 0 Å². The Morgan fingerprint density at radius 1 is 1.04 bits per heavy atom. The van der Waals surface area contributed by atoms with E-state index >= 15 is 0 Å². The van der Waals surface area contributed by atoms with Gasteiger partial charge in [-0.05, 0) is 36.6 Å². The zero-order valence-corrected chi connectivity index (χ0v) is 15.5. The topological polar surface area (TPSA) is 40.0 Å². The summed E-state index contributed by atoms with van der Waals surface area (Å²) in [6, 6.07) is 16.5. The second-order valence-corrected chi connectivity index (χ2v) is 6.82. The summed E-state index contributed by atoms with van der Waals surface area (Å²) in [5.74, 6) is 1.08. The van der Waals surface area contributed by atoms with Crippen LogP contribution in [0.25, 0.3) is 11.1 Å². The molecule has 0 fully saturated rings. The molecule has 0 aromatic heterocycles. The highest BCUT2D eigenvalue weighted by Crippen LogP contribution is 2.28. The fourth-order valence-corrected chi connectivity index (χ4v) is 2.75. The standard InChI is InChI=1S/C20H23NO3S/c1-20(2)12-24-19(21-20)18-6-4-3-5-17(18)16-9-7-15(8-10-16)11-22-13-23-14-25/h3-10,25H,11-14H2,1-2H3. The fraction of sp³-hybridized carbons (Fsp3) is 0.350. The first kappa shape index (κ1) is 18.0. The molecule has 5 heteroatoms. The van der Waals surface area contributed by atoms with Gasteiger partial charge in [-0.2, -0.15) is 12.6 Å². The van der Waals surface area contributed by atoms with E-state index in [0.717, 1.165) is 28.2 Å². The third kappa shape index (κ3) is 4.63. The van der Waals surface area contributed by atoms with Crippen molar-refractivity contribution in [3.63, 3.8) is 0 Å². The van der Waals surface area contributed by atoms with Gasteiger partial charge in [-0.1, -0.05) is 42.5 Å². The maximum Gasteiger partial charge on any atom is 0.217 e. The van der Waals surface area contributed by atoms with Gasteiger partial charge in [0.2, 0.25) is 5.90 Å². The highest BCUT2D eigenvalue weighted by molar-refractivity contribution is 7.80. The molecule has 0 aliphatic carbocycles. The van der Waals surface area contributed by atoms with Gasteiger partial charge in [0, 0.05) is 5.56 Å². The lowest BCUT2D eigenvalue weighted by Gasteiger charge is -2.10. The summed E-state index contributed by atoms with van der Waals surface area (Å²) >= 11 is 3.97. The minimum Gasteiger partial charge on any atom is -0.475 e. The van der Waals surface area contributed by atoms with E-state index in [0.29, 0.717) is 19.2 Å². The molecule has 1 aliphatic rings. The predicted molar refractivity (Wildman–Crippen MR) is 103 cm³/mol. The monoisotopic (exact) mass is 357 g/mol. The molecule has 0 bridgehead atoms. The smallest absolute Gasteiger partial charge is 0.217 e. The zero-order chi connectivity index (χ0) is 17.7. The minimum absolute atomic E-state index is 0.168. The summed E-state index contributed by atoms with van der Waals surface area (Å²) in [6.07, 6.45) is 0. The van der Waals surface area contributed by atoms with Crippen molar-refractivity contribution in [3.05, 3.63) is 59.7 Å². The van der Waals surface area contributed by atoms with Crippen LogP contribution in [0.15, 0.2) is 53.5 Å². The number of rotatable bonds is 7. The van der Waals surface area contributed by atoms with Gasteiger partial charge in [-0.25, -0.2) is 4.99 Å². The molecule has 0 radical (unpaired) electrons. The molecule has 132 valence electrons. The van der Waals surface area contributed by atoms with Crippen molar-refractivity contribution in [2.24, 2.45) is 4.99 Å². The molecule has 3 rings (SSSR count). The zero-order valence-electron chi connectivity index (χ0n) is 14.6. The number of benzene rings is 2. The van der Waals surface area contributed by atoms with Gasteiger partial charge in [0.05, 0.1) is 18.1 Å². The van der Waals surface area contributed by atoms with E-state index in [2.05, 4.69) is 62.9 Å².